The van der Waals surface area contributed by atoms with Gasteiger partial charge in [0, 0.05) is 31.7 Å². The molecule has 2 fully saturated rings. The summed E-state index contributed by atoms with van der Waals surface area (Å²) in [5.41, 5.74) is 9.22. The lowest BCUT2D eigenvalue weighted by molar-refractivity contribution is -0.144. The number of β-amino-alcohol motifs (C(OH)–C–C–N with tert-alkyl or cyclic N) is 1. The molecule has 77 heavy (non-hydrogen) atoms. The third-order valence-corrected chi connectivity index (χ3v) is 13.7. The minimum Gasteiger partial charge on any atom is -0.480 e. The SMILES string of the molecule is CC(C)C[C@H](NC(=O)[C@H](CO)NC(=O)[C@H](CCC(N)=O)NC(=O)[C@@H](NC(=O)[C@H](CO)NC(=O)[C@H](C)NC(=O)[C@@H]1C[C@@H](O)CN1C(=O)CCC(=O)OC(=O)OCC1c2ccccc2-c2ccccc21)C1CCCCC1)C(=O)O. The Morgan fingerprint density at radius 2 is 1.22 bits per heavy atom. The van der Waals surface area contributed by atoms with Crippen LogP contribution in [-0.2, 0) is 57.4 Å². The summed E-state index contributed by atoms with van der Waals surface area (Å²) in [7, 11) is 0. The van der Waals surface area contributed by atoms with Gasteiger partial charge in [0.25, 0.3) is 0 Å². The molecular weight excluding hydrogens is 1010 g/mol. The molecule has 2 aliphatic carbocycles. The molecule has 3 aliphatic rings. The fourth-order valence-corrected chi connectivity index (χ4v) is 9.69. The highest BCUT2D eigenvalue weighted by atomic mass is 16.7. The van der Waals surface area contributed by atoms with Gasteiger partial charge in [-0.1, -0.05) is 81.6 Å². The average molecular weight is 1080 g/mol. The second kappa shape index (κ2) is 28.6. The van der Waals surface area contributed by atoms with Crippen molar-refractivity contribution in [3.05, 3.63) is 59.7 Å². The van der Waals surface area contributed by atoms with E-state index >= 15 is 0 Å². The van der Waals surface area contributed by atoms with E-state index in [2.05, 4.69) is 31.9 Å². The van der Waals surface area contributed by atoms with Crippen LogP contribution in [0.15, 0.2) is 48.5 Å². The third kappa shape index (κ3) is 17.0. The van der Waals surface area contributed by atoms with Crippen LogP contribution in [0.5, 0.6) is 0 Å². The van der Waals surface area contributed by atoms with E-state index in [0.29, 0.717) is 25.7 Å². The van der Waals surface area contributed by atoms with Crippen molar-refractivity contribution in [1.29, 1.82) is 0 Å². The first-order chi connectivity index (χ1) is 36.6. The lowest BCUT2D eigenvalue weighted by Gasteiger charge is -2.32. The number of carboxylic acid groups (broad SMARTS) is 1. The number of nitrogens with one attached hydrogen (secondary N) is 6. The molecule has 1 saturated heterocycles. The van der Waals surface area contributed by atoms with Gasteiger partial charge in [-0.3, -0.25) is 43.2 Å². The second-order valence-corrected chi connectivity index (χ2v) is 19.9. The van der Waals surface area contributed by atoms with Gasteiger partial charge >= 0.3 is 18.1 Å². The quantitative estimate of drug-likeness (QED) is 0.0402. The van der Waals surface area contributed by atoms with Crippen molar-refractivity contribution in [3.63, 3.8) is 0 Å². The molecule has 2 aromatic rings. The Morgan fingerprint density at radius 1 is 0.675 bits per heavy atom. The zero-order valence-electron chi connectivity index (χ0n) is 43.2. The molecule has 0 aromatic heterocycles. The van der Waals surface area contributed by atoms with Crippen molar-refractivity contribution >= 4 is 65.4 Å². The van der Waals surface area contributed by atoms with Crippen LogP contribution >= 0.6 is 0 Å². The predicted octanol–water partition coefficient (Wildman–Crippen LogP) is -0.890. The van der Waals surface area contributed by atoms with Crippen LogP contribution < -0.4 is 37.6 Å². The summed E-state index contributed by atoms with van der Waals surface area (Å²) in [5.74, 6) is -10.9. The Balaban J connectivity index is 1.14. The number of primary amides is 1. The van der Waals surface area contributed by atoms with Crippen LogP contribution in [0.4, 0.5) is 4.79 Å². The minimum atomic E-state index is -1.71. The maximum atomic E-state index is 14.1. The summed E-state index contributed by atoms with van der Waals surface area (Å²) in [4.78, 5) is 145. The first kappa shape index (κ1) is 60.4. The molecule has 0 bridgehead atoms. The molecule has 8 amide bonds. The number of nitrogens with zero attached hydrogens (tertiary/aromatic N) is 1. The molecule has 1 heterocycles. The van der Waals surface area contributed by atoms with Gasteiger partial charge in [0.2, 0.25) is 47.3 Å². The summed E-state index contributed by atoms with van der Waals surface area (Å²) in [6.45, 7) is 2.31. The van der Waals surface area contributed by atoms with Gasteiger partial charge in [-0.2, -0.15) is 0 Å². The lowest BCUT2D eigenvalue weighted by Crippen LogP contribution is -2.61. The Hall–Kier alpha value is -7.51. The van der Waals surface area contributed by atoms with E-state index in [1.165, 1.54) is 6.92 Å². The van der Waals surface area contributed by atoms with E-state index in [9.17, 15) is 73.2 Å². The number of esters is 1. The Labute approximate surface area is 444 Å². The monoisotopic (exact) mass is 1080 g/mol. The number of ether oxygens (including phenoxy) is 2. The molecule has 1 aliphatic heterocycles. The number of aliphatic carboxylic acids is 1. The number of hydrogen-bond donors (Lipinski definition) is 11. The Kier molecular flexibility index (Phi) is 22.4. The predicted molar refractivity (Wildman–Crippen MR) is 270 cm³/mol. The van der Waals surface area contributed by atoms with Crippen LogP contribution in [-0.4, -0.2) is 165 Å². The standard InChI is InChI=1S/C52H70N8O17/c1-27(2)21-37(51(73)74)56-47(69)38(24-61)58-46(68)36(17-18-41(53)64)55-50(72)44(29-11-5-4-6-12-29)59-48(70)39(25-62)57-45(67)28(3)54-49(71)40-22-30(63)23-60(40)42(65)19-20-43(66)77-52(75)76-26-35-33-15-9-7-13-31(33)32-14-8-10-16-34(32)35/h7-10,13-16,27-30,35-40,44,61-63H,4-6,11-12,17-26H2,1-3H3,(H2,53,64)(H,54,71)(H,55,72)(H,56,69)(H,57,67)(H,58,68)(H,59,70)(H,73,74)/t28-,30+,36-,37-,38-,39-,40-,44-/m0/s1. The molecule has 25 heteroatoms. The van der Waals surface area contributed by atoms with Gasteiger partial charge in [0.1, 0.15) is 48.9 Å². The van der Waals surface area contributed by atoms with E-state index in [1.54, 1.807) is 13.8 Å². The summed E-state index contributed by atoms with van der Waals surface area (Å²) in [6, 6.07) is 4.87. The summed E-state index contributed by atoms with van der Waals surface area (Å²) in [5, 5.41) is 54.6. The number of nitrogens with two attached hydrogens (primary N) is 1. The molecule has 12 N–H and O–H groups in total. The van der Waals surface area contributed by atoms with Gasteiger partial charge in [-0.05, 0) is 66.7 Å². The first-order valence-corrected chi connectivity index (χ1v) is 25.7. The Bertz CT molecular complexity index is 2460. The van der Waals surface area contributed by atoms with Crippen molar-refractivity contribution in [2.45, 2.75) is 146 Å². The number of likely N-dealkylation sites (tertiary alicyclic amines) is 1. The summed E-state index contributed by atoms with van der Waals surface area (Å²) < 4.78 is 10.1. The third-order valence-electron chi connectivity index (χ3n) is 13.7. The van der Waals surface area contributed by atoms with Crippen LogP contribution in [0.25, 0.3) is 11.1 Å². The van der Waals surface area contributed by atoms with Gasteiger partial charge in [0.05, 0.1) is 25.7 Å². The number of aliphatic hydroxyl groups excluding tert-OH is 3. The van der Waals surface area contributed by atoms with Crippen LogP contribution in [0.2, 0.25) is 0 Å². The van der Waals surface area contributed by atoms with E-state index in [-0.39, 0.29) is 37.8 Å². The molecule has 2 aromatic carbocycles. The van der Waals surface area contributed by atoms with Gasteiger partial charge in [-0.15, -0.1) is 0 Å². The van der Waals surface area contributed by atoms with Crippen molar-refractivity contribution in [3.8, 4) is 11.1 Å². The number of aliphatic hydroxyl groups is 3. The van der Waals surface area contributed by atoms with Crippen molar-refractivity contribution in [2.24, 2.45) is 17.6 Å². The van der Waals surface area contributed by atoms with Gasteiger partial charge in [-0.25, -0.2) is 9.59 Å². The number of carboxylic acids is 1. The van der Waals surface area contributed by atoms with Gasteiger partial charge < -0.3 is 72.4 Å². The summed E-state index contributed by atoms with van der Waals surface area (Å²) >= 11 is 0. The molecule has 420 valence electrons. The van der Waals surface area contributed by atoms with Crippen LogP contribution in [0, 0.1) is 11.8 Å². The highest BCUT2D eigenvalue weighted by Gasteiger charge is 2.41. The smallest absolute Gasteiger partial charge is 0.480 e. The second-order valence-electron chi connectivity index (χ2n) is 19.9. The van der Waals surface area contributed by atoms with E-state index in [4.69, 9.17) is 15.2 Å². The molecule has 0 spiro atoms. The van der Waals surface area contributed by atoms with Crippen LogP contribution in [0.1, 0.15) is 108 Å². The van der Waals surface area contributed by atoms with Gasteiger partial charge in [0.15, 0.2) is 0 Å². The molecule has 0 radical (unpaired) electrons. The fraction of sp³-hybridized carbons (Fsp3) is 0.558. The molecule has 5 rings (SSSR count). The van der Waals surface area contributed by atoms with E-state index in [0.717, 1.165) is 33.6 Å². The largest absolute Gasteiger partial charge is 0.516 e. The van der Waals surface area contributed by atoms with Crippen LogP contribution in [0.3, 0.4) is 0 Å². The van der Waals surface area contributed by atoms with Crippen molar-refractivity contribution in [1.82, 2.24) is 36.8 Å². The number of amides is 8. The zero-order chi connectivity index (χ0) is 56.5. The molecule has 8 atom stereocenters. The number of fused-ring (bicyclic) bond motifs is 3. The number of carbonyl (C=O) groups excluding carboxylic acids is 10. The number of carbonyl (C=O) groups is 11. The summed E-state index contributed by atoms with van der Waals surface area (Å²) in [6.07, 6.45) is -1.55. The molecule has 25 nitrogen and oxygen atoms in total. The minimum absolute atomic E-state index is 0.0336. The average Bonchev–Trinajstić information content (AvgIpc) is 3.96. The molecule has 1 saturated carbocycles. The highest BCUT2D eigenvalue weighted by molar-refractivity contribution is 5.98. The fourth-order valence-electron chi connectivity index (χ4n) is 9.69. The normalized spacial score (nSPS) is 18.4. The van der Waals surface area contributed by atoms with Crippen molar-refractivity contribution in [2.75, 3.05) is 26.4 Å². The lowest BCUT2D eigenvalue weighted by atomic mass is 9.83. The zero-order valence-corrected chi connectivity index (χ0v) is 43.2. The number of rotatable bonds is 26. The number of hydrogen-bond acceptors (Lipinski definition) is 16. The molecular formula is C52H70N8O17. The maximum absolute atomic E-state index is 14.1. The maximum Gasteiger partial charge on any atom is 0.516 e. The van der Waals surface area contributed by atoms with E-state index in [1.807, 2.05) is 48.5 Å². The number of benzene rings is 2. The highest BCUT2D eigenvalue weighted by Crippen LogP contribution is 2.44. The topological polar surface area (TPSA) is 389 Å². The van der Waals surface area contributed by atoms with Crippen molar-refractivity contribution < 1.29 is 82.6 Å². The first-order valence-electron chi connectivity index (χ1n) is 25.7. The van der Waals surface area contributed by atoms with E-state index < -0.39 is 159 Å². The Morgan fingerprint density at radius 3 is 1.79 bits per heavy atom. The molecule has 0 unspecified atom stereocenters.